The third-order valence-corrected chi connectivity index (χ3v) is 3.28. The molecule has 1 N–H and O–H groups in total. The van der Waals surface area contributed by atoms with Crippen LogP contribution in [-0.2, 0) is 9.59 Å². The molecule has 1 amide bonds. The number of halogens is 3. The number of carboxylic acids is 1. The van der Waals surface area contributed by atoms with Crippen molar-refractivity contribution in [3.05, 3.63) is 0 Å². The van der Waals surface area contributed by atoms with Crippen LogP contribution < -0.4 is 0 Å². The van der Waals surface area contributed by atoms with E-state index in [-0.39, 0.29) is 24.3 Å². The monoisotopic (exact) mass is 285 g/mol. The summed E-state index contributed by atoms with van der Waals surface area (Å²) in [5.41, 5.74) is -4.44. The van der Waals surface area contributed by atoms with Crippen LogP contribution in [0.2, 0.25) is 0 Å². The lowest BCUT2D eigenvalue weighted by atomic mass is 10.1. The first-order chi connectivity index (χ1) is 8.20. The number of hydrogen-bond acceptors (Lipinski definition) is 3. The van der Waals surface area contributed by atoms with Gasteiger partial charge in [0.25, 0.3) is 0 Å². The molecule has 104 valence electrons. The number of hydrogen-bond donors (Lipinski definition) is 1. The second-order valence-electron chi connectivity index (χ2n) is 4.25. The van der Waals surface area contributed by atoms with E-state index in [1.54, 1.807) is 0 Å². The molecular formula is C10H14F3NO3S. The SMILES string of the molecule is CC(CN(C(=O)CSC(F)(F)F)C1CC1)C(=O)O. The van der Waals surface area contributed by atoms with Crippen molar-refractivity contribution in [2.45, 2.75) is 31.3 Å². The molecule has 0 saturated heterocycles. The Balaban J connectivity index is 2.51. The molecule has 0 aromatic rings. The maximum atomic E-state index is 12.0. The van der Waals surface area contributed by atoms with Crippen LogP contribution in [0.25, 0.3) is 0 Å². The fraction of sp³-hybridized carbons (Fsp3) is 0.800. The zero-order valence-corrected chi connectivity index (χ0v) is 10.6. The van der Waals surface area contributed by atoms with E-state index in [2.05, 4.69) is 0 Å². The summed E-state index contributed by atoms with van der Waals surface area (Å²) in [6, 6.07) is -0.0897. The van der Waals surface area contributed by atoms with Crippen LogP contribution in [-0.4, -0.2) is 45.7 Å². The summed E-state index contributed by atoms with van der Waals surface area (Å²) >= 11 is -0.388. The molecule has 18 heavy (non-hydrogen) atoms. The van der Waals surface area contributed by atoms with Gasteiger partial charge in [0.2, 0.25) is 5.91 Å². The van der Waals surface area contributed by atoms with E-state index in [1.165, 1.54) is 11.8 Å². The van der Waals surface area contributed by atoms with E-state index in [4.69, 9.17) is 5.11 Å². The maximum Gasteiger partial charge on any atom is 0.442 e. The average molecular weight is 285 g/mol. The van der Waals surface area contributed by atoms with E-state index in [0.717, 1.165) is 12.8 Å². The normalized spacial score (nSPS) is 17.3. The number of carboxylic acid groups (broad SMARTS) is 1. The smallest absolute Gasteiger partial charge is 0.442 e. The average Bonchev–Trinajstić information content (AvgIpc) is 3.04. The Morgan fingerprint density at radius 3 is 2.39 bits per heavy atom. The minimum Gasteiger partial charge on any atom is -0.481 e. The van der Waals surface area contributed by atoms with Crippen LogP contribution in [0, 0.1) is 5.92 Å². The molecule has 0 spiro atoms. The number of carbonyl (C=O) groups excluding carboxylic acids is 1. The molecule has 1 unspecified atom stereocenters. The van der Waals surface area contributed by atoms with Gasteiger partial charge in [-0.3, -0.25) is 9.59 Å². The number of aliphatic carboxylic acids is 1. The summed E-state index contributed by atoms with van der Waals surface area (Å²) in [5.74, 6) is -3.16. The van der Waals surface area contributed by atoms with Crippen LogP contribution in [0.4, 0.5) is 13.2 Å². The maximum absolute atomic E-state index is 12.0. The molecule has 0 aromatic carbocycles. The van der Waals surface area contributed by atoms with Crippen LogP contribution in [0.1, 0.15) is 19.8 Å². The van der Waals surface area contributed by atoms with Gasteiger partial charge in [0.15, 0.2) is 0 Å². The van der Waals surface area contributed by atoms with Gasteiger partial charge in [0.05, 0.1) is 11.7 Å². The Hall–Kier alpha value is -0.920. The molecule has 1 fully saturated rings. The van der Waals surface area contributed by atoms with E-state index in [0.29, 0.717) is 0 Å². The highest BCUT2D eigenvalue weighted by atomic mass is 32.2. The quantitative estimate of drug-likeness (QED) is 0.810. The molecule has 1 aliphatic rings. The van der Waals surface area contributed by atoms with E-state index < -0.39 is 29.1 Å². The van der Waals surface area contributed by atoms with Gasteiger partial charge in [0, 0.05) is 12.6 Å². The Labute approximate surface area is 107 Å². The number of amides is 1. The largest absolute Gasteiger partial charge is 0.481 e. The van der Waals surface area contributed by atoms with Crippen molar-refractivity contribution in [3.8, 4) is 0 Å². The van der Waals surface area contributed by atoms with Crippen molar-refractivity contribution in [3.63, 3.8) is 0 Å². The van der Waals surface area contributed by atoms with Crippen molar-refractivity contribution in [1.29, 1.82) is 0 Å². The predicted molar refractivity (Wildman–Crippen MR) is 60.0 cm³/mol. The molecule has 1 rings (SSSR count). The highest BCUT2D eigenvalue weighted by Crippen LogP contribution is 2.32. The minimum atomic E-state index is -4.44. The molecule has 1 atom stereocenters. The van der Waals surface area contributed by atoms with Crippen LogP contribution in [0.3, 0.4) is 0 Å². The van der Waals surface area contributed by atoms with Gasteiger partial charge in [-0.05, 0) is 24.6 Å². The van der Waals surface area contributed by atoms with Crippen LogP contribution in [0.15, 0.2) is 0 Å². The van der Waals surface area contributed by atoms with Crippen molar-refractivity contribution < 1.29 is 27.9 Å². The van der Waals surface area contributed by atoms with Gasteiger partial charge in [0.1, 0.15) is 0 Å². The molecule has 0 bridgehead atoms. The van der Waals surface area contributed by atoms with Gasteiger partial charge in [-0.1, -0.05) is 6.92 Å². The second kappa shape index (κ2) is 5.81. The first-order valence-electron chi connectivity index (χ1n) is 5.43. The van der Waals surface area contributed by atoms with Crippen LogP contribution >= 0.6 is 11.8 Å². The topological polar surface area (TPSA) is 57.6 Å². The highest BCUT2D eigenvalue weighted by Gasteiger charge is 2.36. The summed E-state index contributed by atoms with van der Waals surface area (Å²) in [4.78, 5) is 23.6. The molecule has 8 heteroatoms. The third-order valence-electron chi connectivity index (χ3n) is 2.56. The van der Waals surface area contributed by atoms with E-state index >= 15 is 0 Å². The van der Waals surface area contributed by atoms with Crippen molar-refractivity contribution >= 4 is 23.6 Å². The van der Waals surface area contributed by atoms with E-state index in [9.17, 15) is 22.8 Å². The van der Waals surface area contributed by atoms with Gasteiger partial charge in [-0.2, -0.15) is 13.2 Å². The fourth-order valence-corrected chi connectivity index (χ4v) is 1.89. The van der Waals surface area contributed by atoms with Crippen molar-refractivity contribution in [1.82, 2.24) is 4.90 Å². The van der Waals surface area contributed by atoms with Gasteiger partial charge in [-0.15, -0.1) is 0 Å². The van der Waals surface area contributed by atoms with Gasteiger partial charge < -0.3 is 10.0 Å². The lowest BCUT2D eigenvalue weighted by Gasteiger charge is -2.24. The summed E-state index contributed by atoms with van der Waals surface area (Å²) < 4.78 is 36.0. The Morgan fingerprint density at radius 2 is 2.00 bits per heavy atom. The number of alkyl halides is 3. The zero-order valence-electron chi connectivity index (χ0n) is 9.74. The predicted octanol–water partition coefficient (Wildman–Crippen LogP) is 1.95. The standard InChI is InChI=1S/C10H14F3NO3S/c1-6(9(16)17)4-14(7-2-3-7)8(15)5-18-10(11,12)13/h6-7H,2-5H2,1H3,(H,16,17). The molecule has 1 aliphatic carbocycles. The number of nitrogens with zero attached hydrogens (tertiary/aromatic N) is 1. The zero-order chi connectivity index (χ0) is 13.9. The lowest BCUT2D eigenvalue weighted by molar-refractivity contribution is -0.142. The second-order valence-corrected chi connectivity index (χ2v) is 5.29. The molecule has 0 aromatic heterocycles. The Bertz CT molecular complexity index is 331. The van der Waals surface area contributed by atoms with Crippen LogP contribution in [0.5, 0.6) is 0 Å². The number of thioether (sulfide) groups is 1. The molecule has 0 heterocycles. The van der Waals surface area contributed by atoms with Crippen molar-refractivity contribution in [2.75, 3.05) is 12.3 Å². The summed E-state index contributed by atoms with van der Waals surface area (Å²) in [6.07, 6.45) is 1.46. The Kier molecular flexibility index (Phi) is 4.89. The molecular weight excluding hydrogens is 271 g/mol. The fourth-order valence-electron chi connectivity index (χ4n) is 1.44. The van der Waals surface area contributed by atoms with Gasteiger partial charge in [-0.25, -0.2) is 0 Å². The number of carbonyl (C=O) groups is 2. The molecule has 0 radical (unpaired) electrons. The first-order valence-corrected chi connectivity index (χ1v) is 6.42. The summed E-state index contributed by atoms with van der Waals surface area (Å²) in [7, 11) is 0. The first kappa shape index (κ1) is 15.1. The molecule has 0 aliphatic heterocycles. The Morgan fingerprint density at radius 1 is 1.44 bits per heavy atom. The van der Waals surface area contributed by atoms with E-state index in [1.807, 2.05) is 0 Å². The number of rotatable bonds is 6. The molecule has 4 nitrogen and oxygen atoms in total. The lowest BCUT2D eigenvalue weighted by Crippen LogP contribution is -2.39. The third kappa shape index (κ3) is 5.16. The van der Waals surface area contributed by atoms with Crippen molar-refractivity contribution in [2.24, 2.45) is 5.92 Å². The summed E-state index contributed by atoms with van der Waals surface area (Å²) in [6.45, 7) is 1.40. The van der Waals surface area contributed by atoms with Gasteiger partial charge >= 0.3 is 11.5 Å². The summed E-state index contributed by atoms with van der Waals surface area (Å²) in [5, 5.41) is 8.75. The molecule has 1 saturated carbocycles. The highest BCUT2D eigenvalue weighted by molar-refractivity contribution is 8.00. The minimum absolute atomic E-state index is 0.0305.